The van der Waals surface area contributed by atoms with Crippen molar-refractivity contribution < 1.29 is 19.0 Å². The highest BCUT2D eigenvalue weighted by Crippen LogP contribution is 2.32. The van der Waals surface area contributed by atoms with E-state index in [1.54, 1.807) is 13.0 Å². The van der Waals surface area contributed by atoms with E-state index in [2.05, 4.69) is 10.2 Å². The van der Waals surface area contributed by atoms with Gasteiger partial charge in [-0.3, -0.25) is 0 Å². The standard InChI is InChI=1S/C14H16N2O4S/c1-3-9-19-10-7-5-6-8-11(10)20-14-16-15-12(21-14)13(17)18-4-2/h5-8H,3-4,9H2,1-2H3. The van der Waals surface area contributed by atoms with Crippen LogP contribution in [0, 0.1) is 0 Å². The van der Waals surface area contributed by atoms with Crippen LogP contribution in [-0.2, 0) is 4.74 Å². The van der Waals surface area contributed by atoms with Crippen molar-refractivity contribution in [3.63, 3.8) is 0 Å². The molecule has 0 saturated heterocycles. The number of carbonyl (C=O) groups excluding carboxylic acids is 1. The second-order valence-corrected chi connectivity index (χ2v) is 4.93. The first-order chi connectivity index (χ1) is 10.2. The summed E-state index contributed by atoms with van der Waals surface area (Å²) in [5, 5.41) is 8.01. The van der Waals surface area contributed by atoms with Crippen LogP contribution in [-0.4, -0.2) is 29.4 Å². The van der Waals surface area contributed by atoms with Crippen molar-refractivity contribution in [3.8, 4) is 16.7 Å². The maximum Gasteiger partial charge on any atom is 0.369 e. The van der Waals surface area contributed by atoms with Crippen LogP contribution in [0.4, 0.5) is 0 Å². The Labute approximate surface area is 126 Å². The smallest absolute Gasteiger partial charge is 0.369 e. The first-order valence-corrected chi connectivity index (χ1v) is 7.46. The number of ether oxygens (including phenoxy) is 3. The highest BCUT2D eigenvalue weighted by Gasteiger charge is 2.16. The van der Waals surface area contributed by atoms with Gasteiger partial charge in [0.25, 0.3) is 5.19 Å². The zero-order valence-corrected chi connectivity index (χ0v) is 12.7. The summed E-state index contributed by atoms with van der Waals surface area (Å²) < 4.78 is 16.1. The molecular weight excluding hydrogens is 292 g/mol. The van der Waals surface area contributed by atoms with Gasteiger partial charge in [-0.2, -0.15) is 0 Å². The van der Waals surface area contributed by atoms with Gasteiger partial charge in [0, 0.05) is 0 Å². The zero-order valence-electron chi connectivity index (χ0n) is 11.9. The molecular formula is C14H16N2O4S. The van der Waals surface area contributed by atoms with Gasteiger partial charge < -0.3 is 14.2 Å². The average molecular weight is 308 g/mol. The highest BCUT2D eigenvalue weighted by atomic mass is 32.1. The summed E-state index contributed by atoms with van der Waals surface area (Å²) in [4.78, 5) is 11.5. The van der Waals surface area contributed by atoms with Gasteiger partial charge in [0.2, 0.25) is 5.01 Å². The molecule has 0 spiro atoms. The summed E-state index contributed by atoms with van der Waals surface area (Å²) in [6.45, 7) is 4.66. The van der Waals surface area contributed by atoms with E-state index in [-0.39, 0.29) is 10.2 Å². The minimum atomic E-state index is -0.500. The van der Waals surface area contributed by atoms with Crippen molar-refractivity contribution >= 4 is 17.3 Å². The molecule has 0 atom stereocenters. The quantitative estimate of drug-likeness (QED) is 0.731. The SMILES string of the molecule is CCCOc1ccccc1Oc1nnc(C(=O)OCC)s1. The molecule has 7 heteroatoms. The molecule has 0 unspecified atom stereocenters. The van der Waals surface area contributed by atoms with Crippen LogP contribution in [0.1, 0.15) is 30.1 Å². The Balaban J connectivity index is 2.10. The summed E-state index contributed by atoms with van der Waals surface area (Å²) in [5.41, 5.74) is 0. The summed E-state index contributed by atoms with van der Waals surface area (Å²) in [6, 6.07) is 7.29. The van der Waals surface area contributed by atoms with Gasteiger partial charge >= 0.3 is 5.97 Å². The van der Waals surface area contributed by atoms with Crippen LogP contribution < -0.4 is 9.47 Å². The van der Waals surface area contributed by atoms with E-state index in [1.165, 1.54) is 0 Å². The summed E-state index contributed by atoms with van der Waals surface area (Å²) >= 11 is 1.03. The van der Waals surface area contributed by atoms with E-state index >= 15 is 0 Å². The number of esters is 1. The number of benzene rings is 1. The van der Waals surface area contributed by atoms with Gasteiger partial charge in [-0.05, 0) is 36.8 Å². The summed E-state index contributed by atoms with van der Waals surface area (Å²) in [6.07, 6.45) is 0.903. The Kier molecular flexibility index (Phi) is 5.51. The minimum Gasteiger partial charge on any atom is -0.490 e. The van der Waals surface area contributed by atoms with E-state index in [1.807, 2.05) is 25.1 Å². The topological polar surface area (TPSA) is 70.5 Å². The molecule has 0 radical (unpaired) electrons. The lowest BCUT2D eigenvalue weighted by Gasteiger charge is -2.09. The number of hydrogen-bond acceptors (Lipinski definition) is 7. The van der Waals surface area contributed by atoms with E-state index in [9.17, 15) is 4.79 Å². The van der Waals surface area contributed by atoms with Crippen LogP contribution in [0.3, 0.4) is 0 Å². The largest absolute Gasteiger partial charge is 0.490 e. The number of aromatic nitrogens is 2. The van der Waals surface area contributed by atoms with Crippen LogP contribution in [0.5, 0.6) is 16.7 Å². The van der Waals surface area contributed by atoms with Crippen molar-refractivity contribution in [2.75, 3.05) is 13.2 Å². The fraction of sp³-hybridized carbons (Fsp3) is 0.357. The zero-order chi connectivity index (χ0) is 15.1. The van der Waals surface area contributed by atoms with E-state index in [0.717, 1.165) is 17.8 Å². The molecule has 0 N–H and O–H groups in total. The second-order valence-electron chi connectivity index (χ2n) is 3.99. The third kappa shape index (κ3) is 4.16. The molecule has 2 aromatic rings. The predicted octanol–water partition coefficient (Wildman–Crippen LogP) is 3.30. The van der Waals surface area contributed by atoms with Gasteiger partial charge in [0.05, 0.1) is 13.2 Å². The summed E-state index contributed by atoms with van der Waals surface area (Å²) in [7, 11) is 0. The monoisotopic (exact) mass is 308 g/mol. The first kappa shape index (κ1) is 15.2. The van der Waals surface area contributed by atoms with Gasteiger partial charge in [-0.15, -0.1) is 5.10 Å². The number of hydrogen-bond donors (Lipinski definition) is 0. The van der Waals surface area contributed by atoms with Crippen molar-refractivity contribution in [3.05, 3.63) is 29.3 Å². The van der Waals surface area contributed by atoms with Crippen molar-refractivity contribution in [1.29, 1.82) is 0 Å². The molecule has 21 heavy (non-hydrogen) atoms. The second kappa shape index (κ2) is 7.58. The molecule has 2 rings (SSSR count). The van der Waals surface area contributed by atoms with Gasteiger partial charge in [-0.1, -0.05) is 24.2 Å². The van der Waals surface area contributed by atoms with Crippen molar-refractivity contribution in [1.82, 2.24) is 10.2 Å². The predicted molar refractivity (Wildman–Crippen MR) is 78.2 cm³/mol. The average Bonchev–Trinajstić information content (AvgIpc) is 2.95. The third-order valence-corrected chi connectivity index (χ3v) is 3.15. The molecule has 0 aliphatic rings. The molecule has 6 nitrogen and oxygen atoms in total. The van der Waals surface area contributed by atoms with Gasteiger partial charge in [0.1, 0.15) is 0 Å². The lowest BCUT2D eigenvalue weighted by molar-refractivity contribution is 0.0525. The lowest BCUT2D eigenvalue weighted by Crippen LogP contribution is -2.03. The van der Waals surface area contributed by atoms with E-state index < -0.39 is 5.97 Å². The highest BCUT2D eigenvalue weighted by molar-refractivity contribution is 7.14. The van der Waals surface area contributed by atoms with E-state index in [4.69, 9.17) is 14.2 Å². The Hall–Kier alpha value is -2.15. The molecule has 112 valence electrons. The molecule has 0 saturated carbocycles. The van der Waals surface area contributed by atoms with Crippen molar-refractivity contribution in [2.45, 2.75) is 20.3 Å². The number of carbonyl (C=O) groups is 1. The Morgan fingerprint density at radius 3 is 2.67 bits per heavy atom. The maximum absolute atomic E-state index is 11.5. The molecule has 0 bridgehead atoms. The van der Waals surface area contributed by atoms with Crippen LogP contribution >= 0.6 is 11.3 Å². The third-order valence-electron chi connectivity index (χ3n) is 2.36. The van der Waals surface area contributed by atoms with Crippen molar-refractivity contribution in [2.24, 2.45) is 0 Å². The molecule has 0 fully saturated rings. The maximum atomic E-state index is 11.5. The molecule has 0 aliphatic heterocycles. The first-order valence-electron chi connectivity index (χ1n) is 6.64. The van der Waals surface area contributed by atoms with Crippen LogP contribution in [0.2, 0.25) is 0 Å². The Morgan fingerprint density at radius 1 is 1.19 bits per heavy atom. The van der Waals surface area contributed by atoms with E-state index in [0.29, 0.717) is 24.7 Å². The van der Waals surface area contributed by atoms with Crippen LogP contribution in [0.15, 0.2) is 24.3 Å². The number of nitrogens with zero attached hydrogens (tertiary/aromatic N) is 2. The molecule has 1 heterocycles. The summed E-state index contributed by atoms with van der Waals surface area (Å²) in [5.74, 6) is 0.671. The molecule has 1 aromatic heterocycles. The fourth-order valence-electron chi connectivity index (χ4n) is 1.49. The number of rotatable bonds is 7. The minimum absolute atomic E-state index is 0.166. The fourth-order valence-corrected chi connectivity index (χ4v) is 2.09. The number of para-hydroxylation sites is 2. The van der Waals surface area contributed by atoms with Gasteiger partial charge in [0.15, 0.2) is 11.5 Å². The molecule has 0 amide bonds. The molecule has 1 aromatic carbocycles. The Morgan fingerprint density at radius 2 is 1.95 bits per heavy atom. The normalized spacial score (nSPS) is 10.2. The van der Waals surface area contributed by atoms with Crippen LogP contribution in [0.25, 0.3) is 0 Å². The van der Waals surface area contributed by atoms with Gasteiger partial charge in [-0.25, -0.2) is 4.79 Å². The Bertz CT molecular complexity index is 600. The molecule has 0 aliphatic carbocycles. The lowest BCUT2D eigenvalue weighted by atomic mass is 10.3.